The molecule has 0 spiro atoms. The average Bonchev–Trinajstić information content (AvgIpc) is 2.82. The number of rotatable bonds is 3. The molecule has 0 aliphatic heterocycles. The summed E-state index contributed by atoms with van der Waals surface area (Å²) in [5.41, 5.74) is 0.0966. The molecule has 0 N–H and O–H groups in total. The van der Waals surface area contributed by atoms with Crippen molar-refractivity contribution in [3.63, 3.8) is 0 Å². The molecule has 1 aliphatic rings. The zero-order chi connectivity index (χ0) is 20.1. The number of amides is 1. The van der Waals surface area contributed by atoms with Crippen LogP contribution in [-0.2, 0) is 14.6 Å². The largest absolute Gasteiger partial charge is 0.444 e. The molecule has 1 aliphatic carbocycles. The van der Waals surface area contributed by atoms with Gasteiger partial charge in [-0.25, -0.2) is 18.2 Å². The number of nitrogens with zero attached hydrogens (tertiary/aromatic N) is 3. The molecule has 0 unspecified atom stereocenters. The second-order valence-corrected chi connectivity index (χ2v) is 10.8. The molecule has 1 fully saturated rings. The maximum atomic E-state index is 12.2. The second-order valence-electron chi connectivity index (χ2n) is 8.05. The van der Waals surface area contributed by atoms with Crippen molar-refractivity contribution in [1.82, 2.24) is 14.5 Å². The van der Waals surface area contributed by atoms with Crippen molar-refractivity contribution in [3.05, 3.63) is 22.9 Å². The van der Waals surface area contributed by atoms with Gasteiger partial charge in [0.2, 0.25) is 0 Å². The number of aromatic nitrogens is 2. The molecule has 2 aromatic rings. The lowest BCUT2D eigenvalue weighted by Gasteiger charge is -2.42. The molecule has 1 amide bonds. The van der Waals surface area contributed by atoms with Crippen LogP contribution in [0.5, 0.6) is 0 Å². The van der Waals surface area contributed by atoms with Crippen molar-refractivity contribution < 1.29 is 17.9 Å². The molecule has 2 aromatic heterocycles. The fourth-order valence-corrected chi connectivity index (χ4v) is 4.39. The van der Waals surface area contributed by atoms with E-state index in [9.17, 15) is 13.2 Å². The van der Waals surface area contributed by atoms with Crippen LogP contribution in [0, 0.1) is 0 Å². The van der Waals surface area contributed by atoms with E-state index in [2.05, 4.69) is 20.9 Å². The molecule has 3 rings (SSSR count). The minimum atomic E-state index is -3.36. The number of pyridine rings is 1. The molecular formula is C18H24BrN3O4S. The molecular weight excluding hydrogens is 434 g/mol. The van der Waals surface area contributed by atoms with Crippen LogP contribution < -0.4 is 0 Å². The van der Waals surface area contributed by atoms with Gasteiger partial charge in [-0.1, -0.05) is 0 Å². The van der Waals surface area contributed by atoms with E-state index in [0.29, 0.717) is 15.6 Å². The Morgan fingerprint density at radius 1 is 1.33 bits per heavy atom. The Balaban J connectivity index is 1.83. The first-order chi connectivity index (χ1) is 12.4. The van der Waals surface area contributed by atoms with Crippen LogP contribution >= 0.6 is 15.9 Å². The smallest absolute Gasteiger partial charge is 0.410 e. The molecule has 1 saturated carbocycles. The minimum absolute atomic E-state index is 0.0520. The molecule has 27 heavy (non-hydrogen) atoms. The van der Waals surface area contributed by atoms with Crippen LogP contribution in [0.4, 0.5) is 4.79 Å². The number of hydrogen-bond donors (Lipinski definition) is 0. The van der Waals surface area contributed by atoms with E-state index in [0.717, 1.165) is 12.8 Å². The highest BCUT2D eigenvalue weighted by atomic mass is 79.9. The molecule has 2 heterocycles. The predicted molar refractivity (Wildman–Crippen MR) is 107 cm³/mol. The lowest BCUT2D eigenvalue weighted by molar-refractivity contribution is 0.00807. The predicted octanol–water partition coefficient (Wildman–Crippen LogP) is 3.77. The molecule has 7 nitrogen and oxygen atoms in total. The van der Waals surface area contributed by atoms with Gasteiger partial charge < -0.3 is 14.2 Å². The third-order valence-electron chi connectivity index (χ3n) is 4.72. The fraction of sp³-hybridized carbons (Fsp3) is 0.556. The Hall–Kier alpha value is -1.61. The van der Waals surface area contributed by atoms with E-state index < -0.39 is 15.4 Å². The third kappa shape index (κ3) is 4.13. The van der Waals surface area contributed by atoms with Gasteiger partial charge in [0.15, 0.2) is 9.84 Å². The van der Waals surface area contributed by atoms with E-state index in [1.807, 2.05) is 25.3 Å². The first-order valence-electron chi connectivity index (χ1n) is 8.70. The van der Waals surface area contributed by atoms with Gasteiger partial charge in [-0.05, 0) is 61.7 Å². The van der Waals surface area contributed by atoms with E-state index in [-0.39, 0.29) is 23.1 Å². The van der Waals surface area contributed by atoms with E-state index in [4.69, 9.17) is 4.74 Å². The number of ether oxygens (including phenoxy) is 1. The van der Waals surface area contributed by atoms with Crippen LogP contribution in [-0.4, -0.2) is 53.9 Å². The number of fused-ring (bicyclic) bond motifs is 1. The second kappa shape index (κ2) is 6.77. The Bertz CT molecular complexity index is 988. The molecule has 148 valence electrons. The molecule has 0 aromatic carbocycles. The number of carbonyl (C=O) groups is 1. The number of hydrogen-bond acceptors (Lipinski definition) is 5. The van der Waals surface area contributed by atoms with Crippen LogP contribution in [0.1, 0.15) is 39.7 Å². The molecule has 0 bridgehead atoms. The normalized spacial score (nSPS) is 20.4. The van der Waals surface area contributed by atoms with Crippen molar-refractivity contribution in [2.75, 3.05) is 13.3 Å². The zero-order valence-corrected chi connectivity index (χ0v) is 18.5. The molecule has 9 heteroatoms. The van der Waals surface area contributed by atoms with Crippen LogP contribution in [0.25, 0.3) is 11.0 Å². The van der Waals surface area contributed by atoms with Gasteiger partial charge in [0.05, 0.1) is 4.90 Å². The maximum Gasteiger partial charge on any atom is 0.410 e. The highest BCUT2D eigenvalue weighted by Crippen LogP contribution is 2.39. The topological polar surface area (TPSA) is 81.5 Å². The van der Waals surface area contributed by atoms with Crippen LogP contribution in [0.2, 0.25) is 0 Å². The van der Waals surface area contributed by atoms with Gasteiger partial charge >= 0.3 is 6.09 Å². The third-order valence-corrected chi connectivity index (χ3v) is 6.28. The molecule has 0 saturated heterocycles. The zero-order valence-electron chi connectivity index (χ0n) is 16.1. The van der Waals surface area contributed by atoms with Gasteiger partial charge in [-0.2, -0.15) is 0 Å². The van der Waals surface area contributed by atoms with Crippen molar-refractivity contribution in [1.29, 1.82) is 0 Å². The minimum Gasteiger partial charge on any atom is -0.444 e. The van der Waals surface area contributed by atoms with Crippen molar-refractivity contribution >= 4 is 42.9 Å². The first kappa shape index (κ1) is 20.1. The first-order valence-corrected chi connectivity index (χ1v) is 11.4. The Labute approximate surface area is 167 Å². The maximum absolute atomic E-state index is 12.2. The number of sulfone groups is 1. The summed E-state index contributed by atoms with van der Waals surface area (Å²) in [7, 11) is -1.63. The van der Waals surface area contributed by atoms with Crippen LogP contribution in [0.15, 0.2) is 27.8 Å². The van der Waals surface area contributed by atoms with E-state index in [1.165, 1.54) is 6.26 Å². The van der Waals surface area contributed by atoms with Gasteiger partial charge in [0.1, 0.15) is 15.9 Å². The van der Waals surface area contributed by atoms with E-state index in [1.54, 1.807) is 30.3 Å². The number of carbonyl (C=O) groups excluding carboxylic acids is 1. The summed E-state index contributed by atoms with van der Waals surface area (Å²) in [5.74, 6) is 0. The average molecular weight is 458 g/mol. The van der Waals surface area contributed by atoms with Crippen molar-refractivity contribution in [2.45, 2.75) is 56.2 Å². The fourth-order valence-electron chi connectivity index (χ4n) is 3.23. The summed E-state index contributed by atoms with van der Waals surface area (Å²) >= 11 is 3.35. The van der Waals surface area contributed by atoms with Gasteiger partial charge in [-0.15, -0.1) is 0 Å². The standard InChI is InChI=1S/C18H24BrN3O4S/c1-18(2,3)26-17(23)21(4)11-8-12(9-11)22-10-14(27(5,24)25)13-6-7-15(19)20-16(13)22/h6-7,10-12H,8-9H2,1-5H3/t11-,12+. The number of halogens is 1. The van der Waals surface area contributed by atoms with Crippen LogP contribution in [0.3, 0.4) is 0 Å². The summed E-state index contributed by atoms with van der Waals surface area (Å²) in [4.78, 5) is 18.6. The highest BCUT2D eigenvalue weighted by molar-refractivity contribution is 9.10. The lowest BCUT2D eigenvalue weighted by Crippen LogP contribution is -2.47. The summed E-state index contributed by atoms with van der Waals surface area (Å²) in [6, 6.07) is 3.64. The quantitative estimate of drug-likeness (QED) is 0.654. The van der Waals surface area contributed by atoms with Crippen molar-refractivity contribution in [3.8, 4) is 0 Å². The lowest BCUT2D eigenvalue weighted by atomic mass is 9.85. The van der Waals surface area contributed by atoms with Crippen molar-refractivity contribution in [2.24, 2.45) is 0 Å². The summed E-state index contributed by atoms with van der Waals surface area (Å²) in [6.07, 6.45) is 3.95. The Kier molecular flexibility index (Phi) is 5.05. The summed E-state index contributed by atoms with van der Waals surface area (Å²) < 4.78 is 32.3. The molecule has 0 atom stereocenters. The monoisotopic (exact) mass is 457 g/mol. The summed E-state index contributed by atoms with van der Waals surface area (Å²) in [6.45, 7) is 5.51. The van der Waals surface area contributed by atoms with Gasteiger partial charge in [-0.3, -0.25) is 0 Å². The Morgan fingerprint density at radius 2 is 1.96 bits per heavy atom. The molecule has 0 radical (unpaired) electrons. The summed E-state index contributed by atoms with van der Waals surface area (Å²) in [5, 5.41) is 0.615. The Morgan fingerprint density at radius 3 is 2.52 bits per heavy atom. The SMILES string of the molecule is CN(C(=O)OC(C)(C)C)[C@H]1C[C@@H](n2cc(S(C)(=O)=O)c3ccc(Br)nc32)C1. The van der Waals surface area contributed by atoms with Gasteiger partial charge in [0, 0.05) is 37.0 Å². The van der Waals surface area contributed by atoms with E-state index >= 15 is 0 Å². The van der Waals surface area contributed by atoms with Gasteiger partial charge in [0.25, 0.3) is 0 Å². The highest BCUT2D eigenvalue weighted by Gasteiger charge is 2.38.